The Morgan fingerprint density at radius 2 is 2.29 bits per heavy atom. The van der Waals surface area contributed by atoms with E-state index in [0.717, 1.165) is 19.2 Å². The largest absolute Gasteiger partial charge is 0.490 e. The number of benzene rings is 1. The van der Waals surface area contributed by atoms with E-state index in [1.807, 2.05) is 0 Å². The second-order valence-corrected chi connectivity index (χ2v) is 3.76. The Hall–Kier alpha value is -1.89. The molecule has 0 unspecified atom stereocenters. The van der Waals surface area contributed by atoms with Crippen LogP contribution in [0.2, 0.25) is 0 Å². The summed E-state index contributed by atoms with van der Waals surface area (Å²) in [6, 6.07) is 2.33. The molecule has 0 radical (unpaired) electrons. The summed E-state index contributed by atoms with van der Waals surface area (Å²) in [6.45, 7) is 1.50. The third-order valence-electron chi connectivity index (χ3n) is 2.61. The second-order valence-electron chi connectivity index (χ2n) is 3.76. The van der Waals surface area contributed by atoms with E-state index in [9.17, 15) is 14.5 Å². The summed E-state index contributed by atoms with van der Waals surface area (Å²) in [5, 5.41) is 16.6. The van der Waals surface area contributed by atoms with Crippen LogP contribution in [0.3, 0.4) is 0 Å². The van der Waals surface area contributed by atoms with Gasteiger partial charge in [0.1, 0.15) is 0 Å². The molecule has 2 N–H and O–H groups in total. The lowest BCUT2D eigenvalue weighted by Gasteiger charge is -2.29. The number of rotatable bonds is 4. The fourth-order valence-electron chi connectivity index (χ4n) is 1.57. The van der Waals surface area contributed by atoms with Crippen molar-refractivity contribution in [1.82, 2.24) is 5.32 Å². The maximum Gasteiger partial charge on any atom is 0.313 e. The number of nitrogens with zero attached hydrogens (tertiary/aromatic N) is 1. The number of nitro groups is 1. The standard InChI is InChI=1S/C10H12FN3O3/c1-17-10-3-8(13-6-4-12-5-6)7(11)2-9(10)14(15)16/h2-3,6,12-13H,4-5H2,1H3. The molecule has 0 saturated carbocycles. The molecule has 1 heterocycles. The average Bonchev–Trinajstić information content (AvgIpc) is 2.24. The lowest BCUT2D eigenvalue weighted by molar-refractivity contribution is -0.385. The molecule has 1 aliphatic rings. The predicted molar refractivity (Wildman–Crippen MR) is 59.9 cm³/mol. The Balaban J connectivity index is 2.29. The quantitative estimate of drug-likeness (QED) is 0.610. The summed E-state index contributed by atoms with van der Waals surface area (Å²) in [4.78, 5) is 9.99. The first kappa shape index (κ1) is 11.6. The van der Waals surface area contributed by atoms with Crippen LogP contribution in [0, 0.1) is 15.9 Å². The molecule has 1 aromatic carbocycles. The summed E-state index contributed by atoms with van der Waals surface area (Å²) in [6.07, 6.45) is 0. The van der Waals surface area contributed by atoms with E-state index >= 15 is 0 Å². The highest BCUT2D eigenvalue weighted by molar-refractivity contribution is 5.59. The first-order valence-corrected chi connectivity index (χ1v) is 5.11. The summed E-state index contributed by atoms with van der Waals surface area (Å²) in [7, 11) is 1.31. The number of hydrogen-bond acceptors (Lipinski definition) is 5. The van der Waals surface area contributed by atoms with Gasteiger partial charge in [-0.15, -0.1) is 0 Å². The number of ether oxygens (including phenoxy) is 1. The van der Waals surface area contributed by atoms with Crippen molar-refractivity contribution >= 4 is 11.4 Å². The molecule has 0 aromatic heterocycles. The second kappa shape index (κ2) is 4.54. The zero-order chi connectivity index (χ0) is 12.4. The van der Waals surface area contributed by atoms with Crippen LogP contribution in [0.1, 0.15) is 0 Å². The molecule has 1 aromatic rings. The smallest absolute Gasteiger partial charge is 0.313 e. The van der Waals surface area contributed by atoms with Crippen LogP contribution in [-0.4, -0.2) is 31.2 Å². The third-order valence-corrected chi connectivity index (χ3v) is 2.61. The molecular formula is C10H12FN3O3. The lowest BCUT2D eigenvalue weighted by atomic mass is 10.1. The molecule has 0 aliphatic carbocycles. The van der Waals surface area contributed by atoms with Gasteiger partial charge in [0.25, 0.3) is 0 Å². The predicted octanol–water partition coefficient (Wildman–Crippen LogP) is 1.13. The molecule has 1 aliphatic heterocycles. The molecule has 0 amide bonds. The average molecular weight is 241 g/mol. The molecule has 17 heavy (non-hydrogen) atoms. The van der Waals surface area contributed by atoms with Crippen molar-refractivity contribution in [2.75, 3.05) is 25.5 Å². The van der Waals surface area contributed by atoms with Crippen LogP contribution in [0.15, 0.2) is 12.1 Å². The van der Waals surface area contributed by atoms with Gasteiger partial charge in [-0.2, -0.15) is 0 Å². The molecule has 1 fully saturated rings. The summed E-state index contributed by atoms with van der Waals surface area (Å²) in [5.74, 6) is -0.601. The Morgan fingerprint density at radius 3 is 2.76 bits per heavy atom. The number of methoxy groups -OCH3 is 1. The fraction of sp³-hybridized carbons (Fsp3) is 0.400. The maximum absolute atomic E-state index is 13.6. The van der Waals surface area contributed by atoms with E-state index in [0.29, 0.717) is 0 Å². The van der Waals surface area contributed by atoms with Gasteiger partial charge in [-0.05, 0) is 0 Å². The highest BCUT2D eigenvalue weighted by Gasteiger charge is 2.22. The number of nitro benzene ring substituents is 1. The molecule has 0 bridgehead atoms. The van der Waals surface area contributed by atoms with Crippen LogP contribution in [-0.2, 0) is 0 Å². The van der Waals surface area contributed by atoms with Crippen LogP contribution >= 0.6 is 0 Å². The lowest BCUT2D eigenvalue weighted by Crippen LogP contribution is -2.51. The van der Waals surface area contributed by atoms with Crippen LogP contribution in [0.4, 0.5) is 15.8 Å². The first-order chi connectivity index (χ1) is 8.11. The summed E-state index contributed by atoms with van der Waals surface area (Å²) < 4.78 is 18.5. The van der Waals surface area contributed by atoms with E-state index in [2.05, 4.69) is 10.6 Å². The Morgan fingerprint density at radius 1 is 1.59 bits per heavy atom. The van der Waals surface area contributed by atoms with Crippen molar-refractivity contribution in [2.45, 2.75) is 6.04 Å². The number of halogens is 1. The van der Waals surface area contributed by atoms with Crippen molar-refractivity contribution in [1.29, 1.82) is 0 Å². The van der Waals surface area contributed by atoms with Gasteiger partial charge in [0.05, 0.1) is 29.8 Å². The van der Waals surface area contributed by atoms with Crippen molar-refractivity contribution in [2.24, 2.45) is 0 Å². The third kappa shape index (κ3) is 2.28. The molecular weight excluding hydrogens is 229 g/mol. The van der Waals surface area contributed by atoms with E-state index in [4.69, 9.17) is 4.74 Å². The Labute approximate surface area is 96.9 Å². The van der Waals surface area contributed by atoms with Crippen LogP contribution in [0.25, 0.3) is 0 Å². The number of hydrogen-bond donors (Lipinski definition) is 2. The Bertz CT molecular complexity index is 449. The molecule has 7 heteroatoms. The molecule has 0 atom stereocenters. The minimum atomic E-state index is -0.670. The summed E-state index contributed by atoms with van der Waals surface area (Å²) >= 11 is 0. The van der Waals surface area contributed by atoms with Gasteiger partial charge >= 0.3 is 5.69 Å². The maximum atomic E-state index is 13.6. The normalized spacial score (nSPS) is 15.2. The number of anilines is 1. The van der Waals surface area contributed by atoms with E-state index < -0.39 is 10.7 Å². The first-order valence-electron chi connectivity index (χ1n) is 5.11. The molecule has 6 nitrogen and oxygen atoms in total. The van der Waals surface area contributed by atoms with Crippen molar-refractivity contribution < 1.29 is 14.1 Å². The zero-order valence-corrected chi connectivity index (χ0v) is 9.20. The highest BCUT2D eigenvalue weighted by atomic mass is 19.1. The van der Waals surface area contributed by atoms with Gasteiger partial charge in [0.15, 0.2) is 11.6 Å². The van der Waals surface area contributed by atoms with E-state index in [1.165, 1.54) is 13.2 Å². The topological polar surface area (TPSA) is 76.4 Å². The molecule has 1 saturated heterocycles. The van der Waals surface area contributed by atoms with Gasteiger partial charge < -0.3 is 15.4 Å². The van der Waals surface area contributed by atoms with Gasteiger partial charge in [-0.25, -0.2) is 4.39 Å². The summed E-state index contributed by atoms with van der Waals surface area (Å²) in [5.41, 5.74) is -0.152. The van der Waals surface area contributed by atoms with Gasteiger partial charge in [-0.1, -0.05) is 0 Å². The van der Waals surface area contributed by atoms with Gasteiger partial charge in [0.2, 0.25) is 0 Å². The van der Waals surface area contributed by atoms with Crippen LogP contribution in [0.5, 0.6) is 5.75 Å². The SMILES string of the molecule is COc1cc(NC2CNC2)c(F)cc1[N+](=O)[O-]. The van der Waals surface area contributed by atoms with Gasteiger partial charge in [0, 0.05) is 19.2 Å². The van der Waals surface area contributed by atoms with Crippen LogP contribution < -0.4 is 15.4 Å². The minimum absolute atomic E-state index is 0.0474. The highest BCUT2D eigenvalue weighted by Crippen LogP contribution is 2.32. The Kier molecular flexibility index (Phi) is 3.10. The zero-order valence-electron chi connectivity index (χ0n) is 9.20. The van der Waals surface area contributed by atoms with Crippen molar-refractivity contribution in [3.8, 4) is 5.75 Å². The molecule has 2 rings (SSSR count). The number of nitrogens with one attached hydrogen (secondary N) is 2. The fourth-order valence-corrected chi connectivity index (χ4v) is 1.57. The molecule has 92 valence electrons. The van der Waals surface area contributed by atoms with Gasteiger partial charge in [-0.3, -0.25) is 10.1 Å². The van der Waals surface area contributed by atoms with Crippen molar-refractivity contribution in [3.63, 3.8) is 0 Å². The van der Waals surface area contributed by atoms with E-state index in [-0.39, 0.29) is 23.2 Å². The minimum Gasteiger partial charge on any atom is -0.490 e. The van der Waals surface area contributed by atoms with E-state index in [1.54, 1.807) is 0 Å². The van der Waals surface area contributed by atoms with Crippen molar-refractivity contribution in [3.05, 3.63) is 28.1 Å². The molecule has 0 spiro atoms. The monoisotopic (exact) mass is 241 g/mol.